The Morgan fingerprint density at radius 2 is 2.11 bits per heavy atom. The van der Waals surface area contributed by atoms with Crippen LogP contribution in [0.4, 0.5) is 5.82 Å². The summed E-state index contributed by atoms with van der Waals surface area (Å²) in [6.45, 7) is 5.93. The van der Waals surface area contributed by atoms with Crippen LogP contribution < -0.4 is 5.73 Å². The van der Waals surface area contributed by atoms with Crippen molar-refractivity contribution in [3.8, 4) is 0 Å². The van der Waals surface area contributed by atoms with Crippen molar-refractivity contribution in [2.24, 2.45) is 0 Å². The van der Waals surface area contributed by atoms with E-state index in [1.165, 1.54) is 0 Å². The Labute approximate surface area is 107 Å². The van der Waals surface area contributed by atoms with Crippen LogP contribution in [0.25, 0.3) is 0 Å². The lowest BCUT2D eigenvalue weighted by Crippen LogP contribution is -2.11. The molecule has 0 aliphatic heterocycles. The molecule has 2 aromatic rings. The second-order valence-corrected chi connectivity index (χ2v) is 4.41. The van der Waals surface area contributed by atoms with Gasteiger partial charge in [-0.05, 0) is 12.8 Å². The molecule has 6 nitrogen and oxygen atoms in total. The van der Waals surface area contributed by atoms with E-state index in [2.05, 4.69) is 33.7 Å². The van der Waals surface area contributed by atoms with E-state index in [4.69, 9.17) is 5.73 Å². The molecule has 2 rings (SSSR count). The zero-order valence-electron chi connectivity index (χ0n) is 11.0. The Kier molecular flexibility index (Phi) is 3.96. The fourth-order valence-electron chi connectivity index (χ4n) is 2.04. The number of anilines is 1. The summed E-state index contributed by atoms with van der Waals surface area (Å²) in [6, 6.07) is 0. The normalized spacial score (nSPS) is 11.0. The maximum atomic E-state index is 5.84. The largest absolute Gasteiger partial charge is 0.381 e. The van der Waals surface area contributed by atoms with Gasteiger partial charge in [-0.15, -0.1) is 5.10 Å². The Morgan fingerprint density at radius 3 is 2.83 bits per heavy atom. The van der Waals surface area contributed by atoms with Crippen molar-refractivity contribution in [2.75, 3.05) is 5.73 Å². The van der Waals surface area contributed by atoms with Crippen molar-refractivity contribution in [1.82, 2.24) is 24.5 Å². The second-order valence-electron chi connectivity index (χ2n) is 4.41. The van der Waals surface area contributed by atoms with Gasteiger partial charge < -0.3 is 10.3 Å². The van der Waals surface area contributed by atoms with Crippen LogP contribution in [0.5, 0.6) is 0 Å². The molecule has 0 aliphatic carbocycles. The Balaban J connectivity index is 2.20. The Morgan fingerprint density at radius 1 is 1.28 bits per heavy atom. The number of aryl methyl sites for hydroxylation is 1. The number of hydrogen-bond acceptors (Lipinski definition) is 4. The van der Waals surface area contributed by atoms with Gasteiger partial charge in [0.15, 0.2) is 5.82 Å². The lowest BCUT2D eigenvalue weighted by molar-refractivity contribution is 0.565. The summed E-state index contributed by atoms with van der Waals surface area (Å²) in [4.78, 5) is 4.19. The molecule has 98 valence electrons. The van der Waals surface area contributed by atoms with Crippen molar-refractivity contribution in [1.29, 1.82) is 0 Å². The monoisotopic (exact) mass is 248 g/mol. The van der Waals surface area contributed by atoms with Gasteiger partial charge in [0.25, 0.3) is 0 Å². The molecule has 2 aromatic heterocycles. The quantitative estimate of drug-likeness (QED) is 0.840. The van der Waals surface area contributed by atoms with Gasteiger partial charge in [0.1, 0.15) is 0 Å². The lowest BCUT2D eigenvalue weighted by atomic mass is 10.2. The van der Waals surface area contributed by atoms with E-state index in [1.807, 2.05) is 17.2 Å². The third-order valence-corrected chi connectivity index (χ3v) is 2.93. The summed E-state index contributed by atoms with van der Waals surface area (Å²) < 4.78 is 4.02. The summed E-state index contributed by atoms with van der Waals surface area (Å²) in [5, 5.41) is 8.06. The molecule has 0 saturated heterocycles. The van der Waals surface area contributed by atoms with Crippen LogP contribution in [-0.2, 0) is 19.5 Å². The third kappa shape index (κ3) is 2.52. The van der Waals surface area contributed by atoms with E-state index in [1.54, 1.807) is 0 Å². The fraction of sp³-hybridized carbons (Fsp3) is 0.583. The van der Waals surface area contributed by atoms with Gasteiger partial charge in [-0.1, -0.05) is 25.5 Å². The highest BCUT2D eigenvalue weighted by Crippen LogP contribution is 2.12. The van der Waals surface area contributed by atoms with Crippen LogP contribution in [0.15, 0.2) is 12.5 Å². The van der Waals surface area contributed by atoms with E-state index >= 15 is 0 Å². The van der Waals surface area contributed by atoms with Crippen molar-refractivity contribution in [3.05, 3.63) is 23.9 Å². The van der Waals surface area contributed by atoms with E-state index < -0.39 is 0 Å². The van der Waals surface area contributed by atoms with Crippen LogP contribution in [0.3, 0.4) is 0 Å². The summed E-state index contributed by atoms with van der Waals surface area (Å²) in [5.41, 5.74) is 7.99. The number of hydrogen-bond donors (Lipinski definition) is 1. The highest BCUT2D eigenvalue weighted by molar-refractivity contribution is 5.33. The summed E-state index contributed by atoms with van der Waals surface area (Å²) in [5.74, 6) is 0.540. The Bertz CT molecular complexity index is 498. The van der Waals surface area contributed by atoms with E-state index in [9.17, 15) is 0 Å². The lowest BCUT2D eigenvalue weighted by Gasteiger charge is -2.08. The number of nitrogens with two attached hydrogens (primary N) is 1. The van der Waals surface area contributed by atoms with E-state index in [0.29, 0.717) is 12.4 Å². The molecule has 0 spiro atoms. The highest BCUT2D eigenvalue weighted by atomic mass is 15.4. The van der Waals surface area contributed by atoms with Crippen LogP contribution >= 0.6 is 0 Å². The molecule has 0 fully saturated rings. The number of nitrogen functional groups attached to an aromatic ring is 1. The Hall–Kier alpha value is -1.85. The first-order valence-electron chi connectivity index (χ1n) is 6.43. The minimum absolute atomic E-state index is 0.540. The SMILES string of the molecule is CCCc1c(N)nnn1Cc1cncn1CCC. The summed E-state index contributed by atoms with van der Waals surface area (Å²) >= 11 is 0. The molecule has 0 unspecified atom stereocenters. The van der Waals surface area contributed by atoms with Crippen LogP contribution in [-0.4, -0.2) is 24.5 Å². The van der Waals surface area contributed by atoms with Crippen molar-refractivity contribution in [2.45, 2.75) is 46.2 Å². The molecule has 0 bridgehead atoms. The number of imidazole rings is 1. The molecule has 0 aliphatic rings. The van der Waals surface area contributed by atoms with Crippen LogP contribution in [0.2, 0.25) is 0 Å². The summed E-state index contributed by atoms with van der Waals surface area (Å²) in [6.07, 6.45) is 6.76. The first-order valence-corrected chi connectivity index (χ1v) is 6.43. The minimum atomic E-state index is 0.540. The average Bonchev–Trinajstić information content (AvgIpc) is 2.92. The van der Waals surface area contributed by atoms with Crippen LogP contribution in [0.1, 0.15) is 38.1 Å². The first kappa shape index (κ1) is 12.6. The maximum absolute atomic E-state index is 5.84. The van der Waals surface area contributed by atoms with Gasteiger partial charge in [-0.2, -0.15) is 0 Å². The highest BCUT2D eigenvalue weighted by Gasteiger charge is 2.11. The average molecular weight is 248 g/mol. The van der Waals surface area contributed by atoms with Crippen molar-refractivity contribution < 1.29 is 0 Å². The van der Waals surface area contributed by atoms with Crippen molar-refractivity contribution >= 4 is 5.82 Å². The second kappa shape index (κ2) is 5.66. The molecule has 0 aromatic carbocycles. The molecule has 2 heterocycles. The number of nitrogens with zero attached hydrogens (tertiary/aromatic N) is 5. The predicted octanol–water partition coefficient (Wildman–Crippen LogP) is 1.47. The van der Waals surface area contributed by atoms with E-state index in [0.717, 1.165) is 37.2 Å². The van der Waals surface area contributed by atoms with Crippen LogP contribution in [0, 0.1) is 0 Å². The topological polar surface area (TPSA) is 74.6 Å². The van der Waals surface area contributed by atoms with Gasteiger partial charge in [0, 0.05) is 6.54 Å². The molecule has 6 heteroatoms. The smallest absolute Gasteiger partial charge is 0.169 e. The molecule has 0 radical (unpaired) electrons. The molecular formula is C12H20N6. The molecular weight excluding hydrogens is 228 g/mol. The van der Waals surface area contributed by atoms with E-state index in [-0.39, 0.29) is 0 Å². The van der Waals surface area contributed by atoms with Gasteiger partial charge in [0.05, 0.1) is 30.5 Å². The third-order valence-electron chi connectivity index (χ3n) is 2.93. The van der Waals surface area contributed by atoms with Gasteiger partial charge in [0.2, 0.25) is 0 Å². The predicted molar refractivity (Wildman–Crippen MR) is 70.0 cm³/mol. The molecule has 18 heavy (non-hydrogen) atoms. The molecule has 0 saturated carbocycles. The standard InChI is InChI=1S/C12H20N6/c1-3-5-11-12(13)15-16-18(11)8-10-7-14-9-17(10)6-4-2/h7,9H,3-6,8,13H2,1-2H3. The van der Waals surface area contributed by atoms with Gasteiger partial charge in [-0.3, -0.25) is 0 Å². The zero-order valence-corrected chi connectivity index (χ0v) is 11.0. The maximum Gasteiger partial charge on any atom is 0.169 e. The first-order chi connectivity index (χ1) is 8.76. The minimum Gasteiger partial charge on any atom is -0.381 e. The fourth-order valence-corrected chi connectivity index (χ4v) is 2.04. The van der Waals surface area contributed by atoms with Gasteiger partial charge >= 0.3 is 0 Å². The van der Waals surface area contributed by atoms with Gasteiger partial charge in [-0.25, -0.2) is 9.67 Å². The number of rotatable bonds is 6. The zero-order chi connectivity index (χ0) is 13.0. The molecule has 0 atom stereocenters. The number of aromatic nitrogens is 5. The summed E-state index contributed by atoms with van der Waals surface area (Å²) in [7, 11) is 0. The molecule has 0 amide bonds. The molecule has 2 N–H and O–H groups in total. The van der Waals surface area contributed by atoms with Crippen molar-refractivity contribution in [3.63, 3.8) is 0 Å².